The number of nitrogens with zero attached hydrogens (tertiary/aromatic N) is 2. The van der Waals surface area contributed by atoms with Gasteiger partial charge in [0, 0.05) is 6.42 Å². The fourth-order valence-corrected chi connectivity index (χ4v) is 1.71. The van der Waals surface area contributed by atoms with Crippen molar-refractivity contribution in [2.24, 2.45) is 0 Å². The van der Waals surface area contributed by atoms with E-state index in [9.17, 15) is 0 Å². The van der Waals surface area contributed by atoms with Crippen LogP contribution in [-0.2, 0) is 6.42 Å². The molecule has 1 aromatic carbocycles. The van der Waals surface area contributed by atoms with Gasteiger partial charge in [-0.2, -0.15) is 4.98 Å². The first kappa shape index (κ1) is 12.6. The first-order valence-electron chi connectivity index (χ1n) is 5.95. The summed E-state index contributed by atoms with van der Waals surface area (Å²) in [5.41, 5.74) is 0.826. The SMILES string of the molecule is CNCCCc1noc(-c2ccccc2OC)n1. The van der Waals surface area contributed by atoms with Crippen LogP contribution >= 0.6 is 0 Å². The van der Waals surface area contributed by atoms with E-state index in [0.717, 1.165) is 36.5 Å². The zero-order valence-corrected chi connectivity index (χ0v) is 10.6. The van der Waals surface area contributed by atoms with Crippen LogP contribution in [0, 0.1) is 0 Å². The summed E-state index contributed by atoms with van der Waals surface area (Å²) in [6.07, 6.45) is 1.79. The lowest BCUT2D eigenvalue weighted by Crippen LogP contribution is -2.08. The summed E-state index contributed by atoms with van der Waals surface area (Å²) in [6, 6.07) is 7.61. The molecule has 0 aliphatic carbocycles. The Balaban J connectivity index is 2.13. The molecule has 2 aromatic rings. The molecule has 0 aliphatic heterocycles. The van der Waals surface area contributed by atoms with E-state index >= 15 is 0 Å². The Morgan fingerprint density at radius 1 is 1.33 bits per heavy atom. The van der Waals surface area contributed by atoms with Crippen molar-refractivity contribution in [3.8, 4) is 17.2 Å². The van der Waals surface area contributed by atoms with E-state index in [4.69, 9.17) is 9.26 Å². The molecule has 0 saturated heterocycles. The monoisotopic (exact) mass is 247 g/mol. The smallest absolute Gasteiger partial charge is 0.261 e. The third-order valence-corrected chi connectivity index (χ3v) is 2.63. The molecule has 0 radical (unpaired) electrons. The van der Waals surface area contributed by atoms with Crippen LogP contribution in [0.3, 0.4) is 0 Å². The van der Waals surface area contributed by atoms with E-state index in [0.29, 0.717) is 5.89 Å². The summed E-state index contributed by atoms with van der Waals surface area (Å²) in [5, 5.41) is 7.06. The number of para-hydroxylation sites is 1. The normalized spacial score (nSPS) is 10.6. The lowest BCUT2D eigenvalue weighted by molar-refractivity contribution is 0.402. The number of benzene rings is 1. The van der Waals surface area contributed by atoms with Gasteiger partial charge >= 0.3 is 0 Å². The van der Waals surface area contributed by atoms with Crippen LogP contribution in [0.25, 0.3) is 11.5 Å². The molecule has 0 aliphatic rings. The predicted octanol–water partition coefficient (Wildman–Crippen LogP) is 1.90. The molecule has 96 valence electrons. The molecular weight excluding hydrogens is 230 g/mol. The third kappa shape index (κ3) is 2.87. The van der Waals surface area contributed by atoms with Crippen LogP contribution < -0.4 is 10.1 Å². The molecule has 18 heavy (non-hydrogen) atoms. The van der Waals surface area contributed by atoms with Crippen LogP contribution in [0.1, 0.15) is 12.2 Å². The Hall–Kier alpha value is -1.88. The standard InChI is InChI=1S/C13H17N3O2/c1-14-9-5-8-12-15-13(18-16-12)10-6-3-4-7-11(10)17-2/h3-4,6-7,14H,5,8-9H2,1-2H3. The van der Waals surface area contributed by atoms with E-state index in [1.54, 1.807) is 7.11 Å². The Morgan fingerprint density at radius 2 is 2.17 bits per heavy atom. The van der Waals surface area contributed by atoms with Gasteiger partial charge in [0.05, 0.1) is 12.7 Å². The van der Waals surface area contributed by atoms with Gasteiger partial charge in [-0.15, -0.1) is 0 Å². The fraction of sp³-hybridized carbons (Fsp3) is 0.385. The first-order valence-corrected chi connectivity index (χ1v) is 5.95. The van der Waals surface area contributed by atoms with Crippen molar-refractivity contribution in [3.05, 3.63) is 30.1 Å². The van der Waals surface area contributed by atoms with Gasteiger partial charge in [-0.05, 0) is 32.1 Å². The van der Waals surface area contributed by atoms with Gasteiger partial charge in [-0.1, -0.05) is 17.3 Å². The lowest BCUT2D eigenvalue weighted by atomic mass is 10.2. The second-order valence-electron chi connectivity index (χ2n) is 3.92. The highest BCUT2D eigenvalue weighted by Crippen LogP contribution is 2.27. The summed E-state index contributed by atoms with van der Waals surface area (Å²) < 4.78 is 10.5. The molecule has 1 N–H and O–H groups in total. The molecule has 0 amide bonds. The maximum absolute atomic E-state index is 5.27. The Kier molecular flexibility index (Phi) is 4.30. The molecule has 1 heterocycles. The summed E-state index contributed by atoms with van der Waals surface area (Å²) in [7, 11) is 3.56. The minimum atomic E-state index is 0.506. The highest BCUT2D eigenvalue weighted by Gasteiger charge is 2.12. The van der Waals surface area contributed by atoms with Crippen molar-refractivity contribution in [3.63, 3.8) is 0 Å². The van der Waals surface area contributed by atoms with Crippen LogP contribution in [-0.4, -0.2) is 30.8 Å². The van der Waals surface area contributed by atoms with Gasteiger partial charge in [0.1, 0.15) is 5.75 Å². The summed E-state index contributed by atoms with van der Waals surface area (Å²) >= 11 is 0. The van der Waals surface area contributed by atoms with E-state index in [2.05, 4.69) is 15.5 Å². The topological polar surface area (TPSA) is 60.2 Å². The van der Waals surface area contributed by atoms with Crippen LogP contribution in [0.4, 0.5) is 0 Å². The molecule has 0 atom stereocenters. The average molecular weight is 247 g/mol. The van der Waals surface area contributed by atoms with E-state index in [1.165, 1.54) is 0 Å². The minimum Gasteiger partial charge on any atom is -0.496 e. The second-order valence-corrected chi connectivity index (χ2v) is 3.92. The Morgan fingerprint density at radius 3 is 2.94 bits per heavy atom. The highest BCUT2D eigenvalue weighted by molar-refractivity contribution is 5.62. The quantitative estimate of drug-likeness (QED) is 0.790. The van der Waals surface area contributed by atoms with E-state index < -0.39 is 0 Å². The minimum absolute atomic E-state index is 0.506. The molecule has 0 spiro atoms. The summed E-state index contributed by atoms with van der Waals surface area (Å²) in [5.74, 6) is 1.97. The number of hydrogen-bond donors (Lipinski definition) is 1. The number of aromatic nitrogens is 2. The summed E-state index contributed by atoms with van der Waals surface area (Å²) in [4.78, 5) is 4.38. The van der Waals surface area contributed by atoms with Gasteiger partial charge < -0.3 is 14.6 Å². The zero-order valence-electron chi connectivity index (χ0n) is 10.6. The van der Waals surface area contributed by atoms with Crippen LogP contribution in [0.15, 0.2) is 28.8 Å². The molecule has 0 fully saturated rings. The zero-order chi connectivity index (χ0) is 12.8. The number of rotatable bonds is 6. The number of hydrogen-bond acceptors (Lipinski definition) is 5. The van der Waals surface area contributed by atoms with Crippen LogP contribution in [0.5, 0.6) is 5.75 Å². The van der Waals surface area contributed by atoms with Gasteiger partial charge in [-0.25, -0.2) is 0 Å². The predicted molar refractivity (Wildman–Crippen MR) is 68.5 cm³/mol. The van der Waals surface area contributed by atoms with Crippen LogP contribution in [0.2, 0.25) is 0 Å². The van der Waals surface area contributed by atoms with E-state index in [-0.39, 0.29) is 0 Å². The van der Waals surface area contributed by atoms with Crippen molar-refractivity contribution in [1.82, 2.24) is 15.5 Å². The number of aryl methyl sites for hydroxylation is 1. The number of ether oxygens (including phenoxy) is 1. The fourth-order valence-electron chi connectivity index (χ4n) is 1.71. The van der Waals surface area contributed by atoms with Crippen molar-refractivity contribution in [2.75, 3.05) is 20.7 Å². The first-order chi connectivity index (χ1) is 8.85. The van der Waals surface area contributed by atoms with Crippen molar-refractivity contribution < 1.29 is 9.26 Å². The molecular formula is C13H17N3O2. The molecule has 5 nitrogen and oxygen atoms in total. The van der Waals surface area contributed by atoms with Crippen molar-refractivity contribution in [2.45, 2.75) is 12.8 Å². The Labute approximate surface area is 106 Å². The summed E-state index contributed by atoms with van der Waals surface area (Å²) in [6.45, 7) is 0.943. The van der Waals surface area contributed by atoms with Gasteiger partial charge in [0.25, 0.3) is 5.89 Å². The lowest BCUT2D eigenvalue weighted by Gasteiger charge is -2.02. The molecule has 5 heteroatoms. The van der Waals surface area contributed by atoms with Gasteiger partial charge in [0.15, 0.2) is 5.82 Å². The Bertz CT molecular complexity index is 496. The largest absolute Gasteiger partial charge is 0.496 e. The molecule has 2 rings (SSSR count). The molecule has 0 bridgehead atoms. The number of nitrogens with one attached hydrogen (secondary N) is 1. The molecule has 0 unspecified atom stereocenters. The third-order valence-electron chi connectivity index (χ3n) is 2.63. The van der Waals surface area contributed by atoms with E-state index in [1.807, 2.05) is 31.3 Å². The highest BCUT2D eigenvalue weighted by atomic mass is 16.5. The second kappa shape index (κ2) is 6.16. The van der Waals surface area contributed by atoms with Gasteiger partial charge in [-0.3, -0.25) is 0 Å². The average Bonchev–Trinajstić information content (AvgIpc) is 2.88. The maximum Gasteiger partial charge on any atom is 0.261 e. The van der Waals surface area contributed by atoms with Crippen molar-refractivity contribution in [1.29, 1.82) is 0 Å². The molecule has 0 saturated carbocycles. The number of methoxy groups -OCH3 is 1. The molecule has 1 aromatic heterocycles. The van der Waals surface area contributed by atoms with Crippen molar-refractivity contribution >= 4 is 0 Å². The maximum atomic E-state index is 5.27. The van der Waals surface area contributed by atoms with Gasteiger partial charge in [0.2, 0.25) is 0 Å².